The molecule has 0 radical (unpaired) electrons. The Kier molecular flexibility index (Phi) is 5.89. The molecule has 2 aliphatic carbocycles. The van der Waals surface area contributed by atoms with Crippen molar-refractivity contribution in [2.45, 2.75) is 76.0 Å². The molecular formula is C29H36N2O2. The standard InChI is InChI=1S/C29H36N2O2/c32-23(20-33-24-10-5-2-6-11-24)19-30-16-17-31-27-15-14-22(21-8-3-1-4-9-21)18-26(27)25-12-7-13-28(30)29(25)31/h2,5-6,10-11,14-15,18,21,23,28,32H,1,3-4,7-9,12-13,16-17,19-20H2/t23-,28+/m0/s1. The van der Waals surface area contributed by atoms with Crippen molar-refractivity contribution in [1.82, 2.24) is 9.47 Å². The highest BCUT2D eigenvalue weighted by molar-refractivity contribution is 5.87. The van der Waals surface area contributed by atoms with Gasteiger partial charge in [-0.05, 0) is 73.4 Å². The summed E-state index contributed by atoms with van der Waals surface area (Å²) in [5.41, 5.74) is 6.10. The third kappa shape index (κ3) is 4.08. The minimum absolute atomic E-state index is 0.341. The van der Waals surface area contributed by atoms with E-state index in [4.69, 9.17) is 4.74 Å². The Hall–Kier alpha value is -2.30. The number of aliphatic hydroxyl groups excluding tert-OH is 1. The molecule has 3 aromatic rings. The summed E-state index contributed by atoms with van der Waals surface area (Å²) < 4.78 is 8.42. The van der Waals surface area contributed by atoms with Crippen molar-refractivity contribution in [3.8, 4) is 5.75 Å². The van der Waals surface area contributed by atoms with Crippen molar-refractivity contribution < 1.29 is 9.84 Å². The van der Waals surface area contributed by atoms with Crippen LogP contribution in [0.4, 0.5) is 0 Å². The van der Waals surface area contributed by atoms with Crippen molar-refractivity contribution in [3.63, 3.8) is 0 Å². The molecule has 3 aliphatic rings. The predicted molar refractivity (Wildman–Crippen MR) is 133 cm³/mol. The summed E-state index contributed by atoms with van der Waals surface area (Å²) in [6, 6.07) is 17.6. The molecule has 1 fully saturated rings. The second kappa shape index (κ2) is 9.15. The molecule has 1 saturated carbocycles. The summed E-state index contributed by atoms with van der Waals surface area (Å²) >= 11 is 0. The van der Waals surface area contributed by atoms with Gasteiger partial charge in [-0.25, -0.2) is 0 Å². The Balaban J connectivity index is 1.23. The first-order valence-corrected chi connectivity index (χ1v) is 13.0. The molecule has 1 aliphatic heterocycles. The molecule has 1 aromatic heterocycles. The summed E-state index contributed by atoms with van der Waals surface area (Å²) in [6.45, 7) is 3.02. The lowest BCUT2D eigenvalue weighted by Crippen LogP contribution is -2.44. The smallest absolute Gasteiger partial charge is 0.119 e. The van der Waals surface area contributed by atoms with Crippen LogP contribution in [0.15, 0.2) is 48.5 Å². The Morgan fingerprint density at radius 2 is 1.79 bits per heavy atom. The fraction of sp³-hybridized carbons (Fsp3) is 0.517. The van der Waals surface area contributed by atoms with Crippen LogP contribution >= 0.6 is 0 Å². The second-order valence-electron chi connectivity index (χ2n) is 10.3. The van der Waals surface area contributed by atoms with Crippen LogP contribution in [0.1, 0.15) is 73.7 Å². The highest BCUT2D eigenvalue weighted by Crippen LogP contribution is 2.44. The Morgan fingerprint density at radius 3 is 2.64 bits per heavy atom. The van der Waals surface area contributed by atoms with E-state index in [0.717, 1.165) is 24.8 Å². The van der Waals surface area contributed by atoms with Gasteiger partial charge in [-0.1, -0.05) is 43.5 Å². The first-order chi connectivity index (χ1) is 16.3. The zero-order valence-corrected chi connectivity index (χ0v) is 19.6. The van der Waals surface area contributed by atoms with Gasteiger partial charge in [0.25, 0.3) is 0 Å². The first-order valence-electron chi connectivity index (χ1n) is 13.0. The Labute approximate surface area is 197 Å². The van der Waals surface area contributed by atoms with E-state index in [1.165, 1.54) is 68.0 Å². The summed E-state index contributed by atoms with van der Waals surface area (Å²) in [5.74, 6) is 1.58. The lowest BCUT2D eigenvalue weighted by molar-refractivity contribution is 0.0375. The molecule has 0 unspecified atom stereocenters. The number of aromatic nitrogens is 1. The normalized spacial score (nSPS) is 22.3. The number of benzene rings is 2. The maximum Gasteiger partial charge on any atom is 0.119 e. The average Bonchev–Trinajstić information content (AvgIpc) is 3.20. The topological polar surface area (TPSA) is 37.6 Å². The average molecular weight is 445 g/mol. The Morgan fingerprint density at radius 1 is 0.939 bits per heavy atom. The molecule has 0 saturated heterocycles. The molecule has 33 heavy (non-hydrogen) atoms. The number of β-amino-alcohol motifs (C(OH)–C–C–N with tert-alkyl or cyclic N) is 1. The number of hydrogen-bond acceptors (Lipinski definition) is 3. The minimum atomic E-state index is -0.482. The van der Waals surface area contributed by atoms with E-state index >= 15 is 0 Å². The number of nitrogens with zero attached hydrogens (tertiary/aromatic N) is 2. The van der Waals surface area contributed by atoms with Gasteiger partial charge >= 0.3 is 0 Å². The lowest BCUT2D eigenvalue weighted by atomic mass is 9.83. The van der Waals surface area contributed by atoms with Gasteiger partial charge in [0, 0.05) is 36.2 Å². The number of fused-ring (bicyclic) bond motifs is 3. The molecule has 4 nitrogen and oxygen atoms in total. The van der Waals surface area contributed by atoms with Gasteiger partial charge in [-0.15, -0.1) is 0 Å². The van der Waals surface area contributed by atoms with Crippen LogP contribution in [0.2, 0.25) is 0 Å². The fourth-order valence-electron chi connectivity index (χ4n) is 6.64. The number of hydrogen-bond donors (Lipinski definition) is 1. The van der Waals surface area contributed by atoms with Gasteiger partial charge in [-0.3, -0.25) is 4.90 Å². The van der Waals surface area contributed by atoms with E-state index in [-0.39, 0.29) is 0 Å². The highest BCUT2D eigenvalue weighted by Gasteiger charge is 2.35. The largest absolute Gasteiger partial charge is 0.491 e. The second-order valence-corrected chi connectivity index (χ2v) is 10.3. The van der Waals surface area contributed by atoms with Crippen LogP contribution in [0.25, 0.3) is 10.9 Å². The molecule has 174 valence electrons. The summed E-state index contributed by atoms with van der Waals surface area (Å²) in [6.07, 6.45) is 10.0. The molecule has 2 heterocycles. The van der Waals surface area contributed by atoms with E-state index in [9.17, 15) is 5.11 Å². The van der Waals surface area contributed by atoms with Gasteiger partial charge < -0.3 is 14.4 Å². The minimum Gasteiger partial charge on any atom is -0.491 e. The van der Waals surface area contributed by atoms with Crippen molar-refractivity contribution >= 4 is 10.9 Å². The predicted octanol–water partition coefficient (Wildman–Crippen LogP) is 5.82. The monoisotopic (exact) mass is 444 g/mol. The number of aryl methyl sites for hydroxylation is 1. The maximum atomic E-state index is 10.8. The van der Waals surface area contributed by atoms with Crippen molar-refractivity contribution in [2.24, 2.45) is 0 Å². The molecule has 4 heteroatoms. The third-order valence-electron chi connectivity index (χ3n) is 8.22. The third-order valence-corrected chi connectivity index (χ3v) is 8.22. The van der Waals surface area contributed by atoms with E-state index in [1.807, 2.05) is 30.3 Å². The maximum absolute atomic E-state index is 10.8. The van der Waals surface area contributed by atoms with Crippen LogP contribution in [0, 0.1) is 0 Å². The van der Waals surface area contributed by atoms with Crippen LogP contribution in [-0.4, -0.2) is 40.4 Å². The van der Waals surface area contributed by atoms with Crippen molar-refractivity contribution in [1.29, 1.82) is 0 Å². The van der Waals surface area contributed by atoms with Crippen LogP contribution in [0.3, 0.4) is 0 Å². The van der Waals surface area contributed by atoms with E-state index in [2.05, 4.69) is 27.7 Å². The first kappa shape index (κ1) is 21.2. The molecule has 2 atom stereocenters. The van der Waals surface area contributed by atoms with Crippen LogP contribution < -0.4 is 4.74 Å². The summed E-state index contributed by atoms with van der Waals surface area (Å²) in [4.78, 5) is 2.51. The molecule has 0 amide bonds. The van der Waals surface area contributed by atoms with Gasteiger partial charge in [0.2, 0.25) is 0 Å². The molecule has 0 bridgehead atoms. The quantitative estimate of drug-likeness (QED) is 0.520. The van der Waals surface area contributed by atoms with Gasteiger partial charge in [0.15, 0.2) is 0 Å². The molecule has 6 rings (SSSR count). The number of para-hydroxylation sites is 1. The zero-order chi connectivity index (χ0) is 22.2. The van der Waals surface area contributed by atoms with Gasteiger partial charge in [0.05, 0.1) is 6.04 Å². The highest BCUT2D eigenvalue weighted by atomic mass is 16.5. The molecule has 2 aromatic carbocycles. The lowest BCUT2D eigenvalue weighted by Gasteiger charge is -2.40. The molecular weight excluding hydrogens is 408 g/mol. The van der Waals surface area contributed by atoms with Gasteiger partial charge in [-0.2, -0.15) is 0 Å². The SMILES string of the molecule is O[C@H](COc1ccccc1)CN1CCn2c3c(c4cc(C5CCCCC5)ccc42)CCC[C@H]31. The number of rotatable bonds is 6. The van der Waals surface area contributed by atoms with Crippen molar-refractivity contribution in [3.05, 3.63) is 65.4 Å². The Bertz CT molecular complexity index is 1100. The van der Waals surface area contributed by atoms with E-state index < -0.39 is 6.10 Å². The zero-order valence-electron chi connectivity index (χ0n) is 19.6. The summed E-state index contributed by atoms with van der Waals surface area (Å²) in [5, 5.41) is 12.3. The van der Waals surface area contributed by atoms with Crippen molar-refractivity contribution in [2.75, 3.05) is 19.7 Å². The number of ether oxygens (including phenoxy) is 1. The van der Waals surface area contributed by atoms with E-state index in [1.54, 1.807) is 11.1 Å². The van der Waals surface area contributed by atoms with Gasteiger partial charge in [0.1, 0.15) is 18.5 Å². The fourth-order valence-corrected chi connectivity index (χ4v) is 6.64. The van der Waals surface area contributed by atoms with E-state index in [0.29, 0.717) is 19.2 Å². The van der Waals surface area contributed by atoms with Crippen LogP contribution in [-0.2, 0) is 13.0 Å². The molecule has 0 spiro atoms. The van der Waals surface area contributed by atoms with Crippen LogP contribution in [0.5, 0.6) is 5.75 Å². The molecule has 1 N–H and O–H groups in total. The summed E-state index contributed by atoms with van der Waals surface area (Å²) in [7, 11) is 0. The number of aliphatic hydroxyl groups is 1.